The highest BCUT2D eigenvalue weighted by Crippen LogP contribution is 2.04. The van der Waals surface area contributed by atoms with Crippen LogP contribution in [0.2, 0.25) is 0 Å². The number of nitrogens with two attached hydrogens (primary N) is 1. The Morgan fingerprint density at radius 1 is 1.57 bits per heavy atom. The monoisotopic (exact) mass is 190 g/mol. The van der Waals surface area contributed by atoms with Gasteiger partial charge in [-0.15, -0.1) is 0 Å². The average Bonchev–Trinajstić information content (AvgIpc) is 2.18. The molecule has 0 aliphatic carbocycles. The Kier molecular flexibility index (Phi) is 3.55. The second-order valence-corrected chi connectivity index (χ2v) is 2.67. The highest BCUT2D eigenvalue weighted by atomic mass is 16.1. The molecular weight excluding hydrogens is 180 g/mol. The van der Waals surface area contributed by atoms with Crippen molar-refractivity contribution < 1.29 is 9.59 Å². The Labute approximate surface area is 81.4 Å². The van der Waals surface area contributed by atoms with E-state index in [0.29, 0.717) is 11.3 Å². The van der Waals surface area contributed by atoms with Gasteiger partial charge in [0.05, 0.1) is 5.69 Å². The molecule has 0 saturated carbocycles. The fourth-order valence-corrected chi connectivity index (χ4v) is 0.956. The van der Waals surface area contributed by atoms with E-state index in [1.54, 1.807) is 30.5 Å². The van der Waals surface area contributed by atoms with Crippen molar-refractivity contribution in [2.24, 2.45) is 5.73 Å². The van der Waals surface area contributed by atoms with Gasteiger partial charge in [0.25, 0.3) is 0 Å². The van der Waals surface area contributed by atoms with Gasteiger partial charge in [-0.3, -0.25) is 14.6 Å². The molecule has 14 heavy (non-hydrogen) atoms. The first-order valence-corrected chi connectivity index (χ1v) is 4.09. The zero-order valence-electron chi connectivity index (χ0n) is 7.51. The third kappa shape index (κ3) is 2.82. The number of aromatic nitrogens is 1. The van der Waals surface area contributed by atoms with Gasteiger partial charge in [0.2, 0.25) is 5.91 Å². The molecule has 72 valence electrons. The lowest BCUT2D eigenvalue weighted by Crippen LogP contribution is -2.07. The van der Waals surface area contributed by atoms with Gasteiger partial charge in [0, 0.05) is 18.2 Å². The summed E-state index contributed by atoms with van der Waals surface area (Å²) in [6, 6.07) is 3.33. The van der Waals surface area contributed by atoms with Gasteiger partial charge < -0.3 is 5.73 Å². The second-order valence-electron chi connectivity index (χ2n) is 2.67. The van der Waals surface area contributed by atoms with E-state index >= 15 is 0 Å². The highest BCUT2D eigenvalue weighted by Gasteiger charge is 1.97. The first-order valence-electron chi connectivity index (χ1n) is 4.09. The summed E-state index contributed by atoms with van der Waals surface area (Å²) in [5, 5.41) is 0. The molecule has 1 aromatic rings. The molecule has 0 radical (unpaired) electrons. The Bertz CT molecular complexity index is 372. The van der Waals surface area contributed by atoms with E-state index < -0.39 is 5.91 Å². The van der Waals surface area contributed by atoms with E-state index in [-0.39, 0.29) is 6.42 Å². The number of nitrogens with zero attached hydrogens (tertiary/aromatic N) is 1. The molecule has 4 heteroatoms. The van der Waals surface area contributed by atoms with Crippen molar-refractivity contribution in [1.29, 1.82) is 0 Å². The highest BCUT2D eigenvalue weighted by molar-refractivity contribution is 5.81. The molecule has 4 nitrogen and oxygen atoms in total. The molecule has 1 amide bonds. The lowest BCUT2D eigenvalue weighted by Gasteiger charge is -1.95. The lowest BCUT2D eigenvalue weighted by atomic mass is 10.2. The second kappa shape index (κ2) is 4.91. The summed E-state index contributed by atoms with van der Waals surface area (Å²) in [6.45, 7) is 0. The number of pyridine rings is 1. The minimum atomic E-state index is -0.412. The van der Waals surface area contributed by atoms with Crippen LogP contribution in [0.1, 0.15) is 22.5 Å². The number of primary amides is 1. The van der Waals surface area contributed by atoms with E-state index in [1.165, 1.54) is 0 Å². The molecular formula is C10H10N2O2. The van der Waals surface area contributed by atoms with Crippen molar-refractivity contribution >= 4 is 18.3 Å². The first kappa shape index (κ1) is 10.1. The van der Waals surface area contributed by atoms with E-state index in [0.717, 1.165) is 6.29 Å². The van der Waals surface area contributed by atoms with Crippen molar-refractivity contribution in [3.05, 3.63) is 35.7 Å². The van der Waals surface area contributed by atoms with Crippen LogP contribution in [-0.4, -0.2) is 17.2 Å². The molecule has 0 aromatic carbocycles. The number of carbonyl (C=O) groups excluding carboxylic acids is 2. The van der Waals surface area contributed by atoms with Crippen molar-refractivity contribution in [2.75, 3.05) is 0 Å². The van der Waals surface area contributed by atoms with Crippen molar-refractivity contribution in [3.8, 4) is 0 Å². The molecule has 1 aromatic heterocycles. The Morgan fingerprint density at radius 2 is 2.36 bits per heavy atom. The van der Waals surface area contributed by atoms with Gasteiger partial charge in [-0.1, -0.05) is 6.08 Å². The SMILES string of the molecule is NC(=O)CC=Cc1ncccc1C=O. The van der Waals surface area contributed by atoms with Crippen LogP contribution in [0.15, 0.2) is 24.4 Å². The molecule has 0 fully saturated rings. The number of carbonyl (C=O) groups is 2. The molecule has 0 bridgehead atoms. The summed E-state index contributed by atoms with van der Waals surface area (Å²) in [7, 11) is 0. The number of rotatable bonds is 4. The minimum absolute atomic E-state index is 0.148. The van der Waals surface area contributed by atoms with Gasteiger partial charge >= 0.3 is 0 Å². The largest absolute Gasteiger partial charge is 0.369 e. The average molecular weight is 190 g/mol. The Balaban J connectivity index is 2.80. The van der Waals surface area contributed by atoms with Crippen molar-refractivity contribution in [3.63, 3.8) is 0 Å². The summed E-state index contributed by atoms with van der Waals surface area (Å²) in [6.07, 6.45) is 5.63. The van der Waals surface area contributed by atoms with Gasteiger partial charge in [0.15, 0.2) is 6.29 Å². The topological polar surface area (TPSA) is 73.1 Å². The van der Waals surface area contributed by atoms with Crippen LogP contribution in [-0.2, 0) is 4.79 Å². The maximum Gasteiger partial charge on any atom is 0.221 e. The molecule has 0 atom stereocenters. The number of aldehydes is 1. The fourth-order valence-electron chi connectivity index (χ4n) is 0.956. The minimum Gasteiger partial charge on any atom is -0.369 e. The van der Waals surface area contributed by atoms with E-state index in [2.05, 4.69) is 4.98 Å². The lowest BCUT2D eigenvalue weighted by molar-refractivity contribution is -0.117. The molecule has 2 N–H and O–H groups in total. The number of amides is 1. The molecule has 1 rings (SSSR count). The normalized spacial score (nSPS) is 10.3. The predicted molar refractivity (Wildman–Crippen MR) is 52.5 cm³/mol. The third-order valence-electron chi connectivity index (χ3n) is 1.59. The zero-order valence-corrected chi connectivity index (χ0v) is 7.51. The van der Waals surface area contributed by atoms with Crippen LogP contribution in [0.25, 0.3) is 6.08 Å². The van der Waals surface area contributed by atoms with Crippen LogP contribution in [0, 0.1) is 0 Å². The smallest absolute Gasteiger partial charge is 0.221 e. The van der Waals surface area contributed by atoms with Gasteiger partial charge in [-0.05, 0) is 18.2 Å². The van der Waals surface area contributed by atoms with Crippen molar-refractivity contribution in [2.45, 2.75) is 6.42 Å². The molecule has 1 heterocycles. The standard InChI is InChI=1S/C10H10N2O2/c11-10(14)5-1-4-9-8(7-13)3-2-6-12-9/h1-4,6-7H,5H2,(H2,11,14). The number of hydrogen-bond donors (Lipinski definition) is 1. The first-order chi connectivity index (χ1) is 6.74. The molecule has 0 unspecified atom stereocenters. The number of hydrogen-bond acceptors (Lipinski definition) is 3. The van der Waals surface area contributed by atoms with Gasteiger partial charge in [-0.2, -0.15) is 0 Å². The molecule has 0 aliphatic heterocycles. The zero-order chi connectivity index (χ0) is 10.4. The maximum absolute atomic E-state index is 10.6. The Morgan fingerprint density at radius 3 is 3.00 bits per heavy atom. The summed E-state index contributed by atoms with van der Waals surface area (Å²) in [5.41, 5.74) is 5.99. The predicted octanol–water partition coefficient (Wildman–Crippen LogP) is 0.783. The molecule has 0 aliphatic rings. The van der Waals surface area contributed by atoms with Crippen LogP contribution in [0.3, 0.4) is 0 Å². The van der Waals surface area contributed by atoms with Crippen LogP contribution in [0.5, 0.6) is 0 Å². The summed E-state index contributed by atoms with van der Waals surface area (Å²) in [4.78, 5) is 25.0. The molecule has 0 saturated heterocycles. The van der Waals surface area contributed by atoms with Crippen LogP contribution >= 0.6 is 0 Å². The van der Waals surface area contributed by atoms with E-state index in [1.807, 2.05) is 0 Å². The Hall–Kier alpha value is -1.97. The summed E-state index contributed by atoms with van der Waals surface area (Å²) < 4.78 is 0. The van der Waals surface area contributed by atoms with E-state index in [9.17, 15) is 9.59 Å². The summed E-state index contributed by atoms with van der Waals surface area (Å²) in [5.74, 6) is -0.412. The third-order valence-corrected chi connectivity index (χ3v) is 1.59. The van der Waals surface area contributed by atoms with Gasteiger partial charge in [-0.25, -0.2) is 0 Å². The van der Waals surface area contributed by atoms with E-state index in [4.69, 9.17) is 5.73 Å². The molecule has 0 spiro atoms. The van der Waals surface area contributed by atoms with Crippen molar-refractivity contribution in [1.82, 2.24) is 4.98 Å². The van der Waals surface area contributed by atoms with Crippen LogP contribution in [0.4, 0.5) is 0 Å². The van der Waals surface area contributed by atoms with Crippen LogP contribution < -0.4 is 5.73 Å². The summed E-state index contributed by atoms with van der Waals surface area (Å²) >= 11 is 0. The quantitative estimate of drug-likeness (QED) is 0.713. The fraction of sp³-hybridized carbons (Fsp3) is 0.100. The maximum atomic E-state index is 10.6. The van der Waals surface area contributed by atoms with Gasteiger partial charge in [0.1, 0.15) is 0 Å².